The molecule has 1 aliphatic rings. The van der Waals surface area contributed by atoms with Gasteiger partial charge in [-0.15, -0.1) is 0 Å². The summed E-state index contributed by atoms with van der Waals surface area (Å²) in [4.78, 5) is 6.48. The third kappa shape index (κ3) is 3.42. The molecule has 0 radical (unpaired) electrons. The number of hydrogen-bond donors (Lipinski definition) is 3. The number of aliphatic hydroxyl groups excluding tert-OH is 1. The quantitative estimate of drug-likeness (QED) is 0.309. The van der Waals surface area contributed by atoms with Gasteiger partial charge in [0.15, 0.2) is 5.84 Å². The first-order valence-corrected chi connectivity index (χ1v) is 6.49. The van der Waals surface area contributed by atoms with Crippen LogP contribution in [0.3, 0.4) is 0 Å². The summed E-state index contributed by atoms with van der Waals surface area (Å²) in [7, 11) is 0. The van der Waals surface area contributed by atoms with Gasteiger partial charge in [0.2, 0.25) is 0 Å². The first kappa shape index (κ1) is 13.8. The van der Waals surface area contributed by atoms with E-state index in [1.165, 1.54) is 0 Å². The summed E-state index contributed by atoms with van der Waals surface area (Å²) in [5, 5.41) is 20.7. The van der Waals surface area contributed by atoms with E-state index in [1.807, 2.05) is 12.1 Å². The van der Waals surface area contributed by atoms with Crippen molar-refractivity contribution in [2.45, 2.75) is 19.4 Å². The van der Waals surface area contributed by atoms with E-state index in [4.69, 9.17) is 16.0 Å². The normalized spacial score (nSPS) is 20.9. The fraction of sp³-hybridized carbons (Fsp3) is 0.538. The van der Waals surface area contributed by atoms with Gasteiger partial charge < -0.3 is 16.0 Å². The van der Waals surface area contributed by atoms with E-state index >= 15 is 0 Å². The fourth-order valence-corrected chi connectivity index (χ4v) is 2.56. The molecule has 104 valence electrons. The molecule has 2 heterocycles. The highest BCUT2D eigenvalue weighted by atomic mass is 16.4. The summed E-state index contributed by atoms with van der Waals surface area (Å²) in [6.45, 7) is 2.97. The van der Waals surface area contributed by atoms with Gasteiger partial charge in [-0.2, -0.15) is 0 Å². The summed E-state index contributed by atoms with van der Waals surface area (Å²) in [6.07, 6.45) is 3.60. The largest absolute Gasteiger partial charge is 0.409 e. The number of nitrogens with two attached hydrogens (primary N) is 1. The molecule has 1 unspecified atom stereocenters. The standard InChI is InChI=1S/C13H20N4O2/c14-13(16-19)12-11(2-1-5-15-12)9-17-6-3-10(8-17)4-7-18/h1-2,5,10,18-19H,3-4,6-9H2,(H2,14,16). The van der Waals surface area contributed by atoms with Crippen molar-refractivity contribution in [3.8, 4) is 0 Å². The maximum Gasteiger partial charge on any atom is 0.189 e. The van der Waals surface area contributed by atoms with E-state index in [0.29, 0.717) is 11.6 Å². The second kappa shape index (κ2) is 6.49. The van der Waals surface area contributed by atoms with Crippen LogP contribution in [-0.4, -0.2) is 45.7 Å². The van der Waals surface area contributed by atoms with Gasteiger partial charge in [-0.25, -0.2) is 0 Å². The summed E-state index contributed by atoms with van der Waals surface area (Å²) in [6, 6.07) is 3.80. The predicted molar refractivity (Wildman–Crippen MR) is 71.8 cm³/mol. The zero-order valence-corrected chi connectivity index (χ0v) is 10.9. The SMILES string of the molecule is N/C(=N/O)c1ncccc1CN1CCC(CCO)C1. The summed E-state index contributed by atoms with van der Waals surface area (Å²) in [5.74, 6) is 0.607. The zero-order valence-electron chi connectivity index (χ0n) is 10.9. The maximum absolute atomic E-state index is 8.96. The molecule has 0 aliphatic carbocycles. The Morgan fingerprint density at radius 3 is 3.16 bits per heavy atom. The van der Waals surface area contributed by atoms with Gasteiger partial charge in [-0.1, -0.05) is 11.2 Å². The number of likely N-dealkylation sites (tertiary alicyclic amines) is 1. The Morgan fingerprint density at radius 1 is 1.58 bits per heavy atom. The molecule has 6 heteroatoms. The van der Waals surface area contributed by atoms with Crippen LogP contribution in [0.1, 0.15) is 24.1 Å². The van der Waals surface area contributed by atoms with Crippen molar-refractivity contribution >= 4 is 5.84 Å². The number of oxime groups is 1. The summed E-state index contributed by atoms with van der Waals surface area (Å²) < 4.78 is 0. The van der Waals surface area contributed by atoms with Crippen LogP contribution in [-0.2, 0) is 6.54 Å². The third-order valence-electron chi connectivity index (χ3n) is 3.54. The van der Waals surface area contributed by atoms with Crippen molar-refractivity contribution in [3.63, 3.8) is 0 Å². The lowest BCUT2D eigenvalue weighted by molar-refractivity contribution is 0.249. The maximum atomic E-state index is 8.96. The van der Waals surface area contributed by atoms with Crippen molar-refractivity contribution in [1.82, 2.24) is 9.88 Å². The molecule has 0 aromatic carbocycles. The molecule has 19 heavy (non-hydrogen) atoms. The van der Waals surface area contributed by atoms with Crippen molar-refractivity contribution in [3.05, 3.63) is 29.6 Å². The van der Waals surface area contributed by atoms with Crippen LogP contribution < -0.4 is 5.73 Å². The van der Waals surface area contributed by atoms with E-state index in [0.717, 1.165) is 38.0 Å². The monoisotopic (exact) mass is 264 g/mol. The van der Waals surface area contributed by atoms with Crippen LogP contribution in [0.2, 0.25) is 0 Å². The Hall–Kier alpha value is -1.66. The minimum absolute atomic E-state index is 0.0432. The molecular weight excluding hydrogens is 244 g/mol. The average molecular weight is 264 g/mol. The van der Waals surface area contributed by atoms with Crippen LogP contribution in [0.15, 0.2) is 23.5 Å². The number of hydrogen-bond acceptors (Lipinski definition) is 5. The lowest BCUT2D eigenvalue weighted by Crippen LogP contribution is -2.24. The molecule has 0 spiro atoms. The second-order valence-electron chi connectivity index (χ2n) is 4.90. The van der Waals surface area contributed by atoms with Crippen molar-refractivity contribution in [1.29, 1.82) is 0 Å². The molecule has 2 rings (SSSR count). The van der Waals surface area contributed by atoms with Crippen LogP contribution >= 0.6 is 0 Å². The third-order valence-corrected chi connectivity index (χ3v) is 3.54. The van der Waals surface area contributed by atoms with E-state index < -0.39 is 0 Å². The highest BCUT2D eigenvalue weighted by Gasteiger charge is 2.23. The number of pyridine rings is 1. The van der Waals surface area contributed by atoms with E-state index in [-0.39, 0.29) is 12.4 Å². The molecule has 6 nitrogen and oxygen atoms in total. The molecule has 0 amide bonds. The van der Waals surface area contributed by atoms with Crippen molar-refractivity contribution < 1.29 is 10.3 Å². The molecule has 1 aromatic heterocycles. The average Bonchev–Trinajstić information content (AvgIpc) is 2.86. The first-order chi connectivity index (χ1) is 9.24. The highest BCUT2D eigenvalue weighted by molar-refractivity contribution is 5.96. The Balaban J connectivity index is 2.04. The molecule has 4 N–H and O–H groups in total. The Morgan fingerprint density at radius 2 is 2.42 bits per heavy atom. The van der Waals surface area contributed by atoms with E-state index in [2.05, 4.69) is 15.0 Å². The van der Waals surface area contributed by atoms with Gasteiger partial charge in [-0.05, 0) is 36.9 Å². The molecule has 1 atom stereocenters. The number of aromatic nitrogens is 1. The Kier molecular flexibility index (Phi) is 4.70. The molecule has 1 saturated heterocycles. The topological polar surface area (TPSA) is 95.0 Å². The number of rotatable bonds is 5. The van der Waals surface area contributed by atoms with Gasteiger partial charge in [0, 0.05) is 25.9 Å². The zero-order chi connectivity index (χ0) is 13.7. The van der Waals surface area contributed by atoms with E-state index in [1.54, 1.807) is 6.20 Å². The van der Waals surface area contributed by atoms with E-state index in [9.17, 15) is 0 Å². The van der Waals surface area contributed by atoms with Crippen LogP contribution in [0, 0.1) is 5.92 Å². The van der Waals surface area contributed by atoms with Crippen LogP contribution in [0.5, 0.6) is 0 Å². The molecule has 0 bridgehead atoms. The van der Waals surface area contributed by atoms with Crippen molar-refractivity contribution in [2.75, 3.05) is 19.7 Å². The second-order valence-corrected chi connectivity index (χ2v) is 4.90. The van der Waals surface area contributed by atoms with Crippen LogP contribution in [0.25, 0.3) is 0 Å². The van der Waals surface area contributed by atoms with Gasteiger partial charge in [-0.3, -0.25) is 9.88 Å². The van der Waals surface area contributed by atoms with Gasteiger partial charge in [0.05, 0.1) is 0 Å². The van der Waals surface area contributed by atoms with Crippen LogP contribution in [0.4, 0.5) is 0 Å². The first-order valence-electron chi connectivity index (χ1n) is 6.49. The van der Waals surface area contributed by atoms with Crippen molar-refractivity contribution in [2.24, 2.45) is 16.8 Å². The number of nitrogens with zero attached hydrogens (tertiary/aromatic N) is 3. The number of amidine groups is 1. The number of aliphatic hydroxyl groups is 1. The lowest BCUT2D eigenvalue weighted by Gasteiger charge is -2.17. The van der Waals surface area contributed by atoms with Gasteiger partial charge in [0.1, 0.15) is 5.69 Å². The Labute approximate surface area is 112 Å². The molecular formula is C13H20N4O2. The van der Waals surface area contributed by atoms with Gasteiger partial charge >= 0.3 is 0 Å². The van der Waals surface area contributed by atoms with Gasteiger partial charge in [0.25, 0.3) is 0 Å². The fourth-order valence-electron chi connectivity index (χ4n) is 2.56. The lowest BCUT2D eigenvalue weighted by atomic mass is 10.1. The molecule has 1 aliphatic heterocycles. The summed E-state index contributed by atoms with van der Waals surface area (Å²) in [5.41, 5.74) is 7.13. The predicted octanol–water partition coefficient (Wildman–Crippen LogP) is 0.380. The molecule has 0 saturated carbocycles. The summed E-state index contributed by atoms with van der Waals surface area (Å²) >= 11 is 0. The minimum atomic E-state index is 0.0432. The molecule has 1 aromatic rings. The highest BCUT2D eigenvalue weighted by Crippen LogP contribution is 2.21. The smallest absolute Gasteiger partial charge is 0.189 e. The minimum Gasteiger partial charge on any atom is -0.409 e. The Bertz CT molecular complexity index is 450. The molecule has 1 fully saturated rings.